The van der Waals surface area contributed by atoms with Gasteiger partial charge in [-0.2, -0.15) is 15.4 Å². The number of amides is 2. The molecule has 1 fully saturated rings. The van der Waals surface area contributed by atoms with E-state index in [-0.39, 0.29) is 22.1 Å². The number of anilines is 1. The van der Waals surface area contributed by atoms with E-state index in [4.69, 9.17) is 18.2 Å². The summed E-state index contributed by atoms with van der Waals surface area (Å²) in [4.78, 5) is 41.7. The van der Waals surface area contributed by atoms with Gasteiger partial charge < -0.3 is 15.2 Å². The lowest BCUT2D eigenvalue weighted by molar-refractivity contribution is -0.148. The normalized spacial score (nSPS) is 15.5. The van der Waals surface area contributed by atoms with Crippen molar-refractivity contribution in [1.29, 1.82) is 0 Å². The predicted molar refractivity (Wildman–Crippen MR) is 116 cm³/mol. The molecule has 10 nitrogen and oxygen atoms in total. The Labute approximate surface area is 200 Å². The van der Waals surface area contributed by atoms with Gasteiger partial charge in [-0.15, -0.1) is 0 Å². The minimum Gasteiger partial charge on any atom is -0.356 e. The van der Waals surface area contributed by atoms with Crippen molar-refractivity contribution in [3.05, 3.63) is 69.8 Å². The van der Waals surface area contributed by atoms with E-state index in [1.165, 1.54) is 17.7 Å². The van der Waals surface area contributed by atoms with Crippen molar-refractivity contribution >= 4 is 40.6 Å². The number of carbonyl (C=O) groups is 3. The van der Waals surface area contributed by atoms with Gasteiger partial charge in [0.15, 0.2) is 0 Å². The van der Waals surface area contributed by atoms with Crippen LogP contribution in [-0.4, -0.2) is 43.5 Å². The van der Waals surface area contributed by atoms with Crippen LogP contribution in [0.2, 0.25) is 5.02 Å². The summed E-state index contributed by atoms with van der Waals surface area (Å²) in [7, 11) is 1.37. The first-order valence-electron chi connectivity index (χ1n) is 9.90. The average Bonchev–Trinajstić information content (AvgIpc) is 3.42. The molecule has 1 aliphatic carbocycles. The van der Waals surface area contributed by atoms with Crippen LogP contribution in [0, 0.1) is 12.4 Å². The number of ketones is 1. The number of alkyl halides is 2. The molecule has 0 unspecified atom stereocenters. The Hall–Kier alpha value is -4.18. The van der Waals surface area contributed by atoms with Gasteiger partial charge in [-0.05, 0) is 18.2 Å². The number of hydrogen-bond acceptors (Lipinski definition) is 5. The van der Waals surface area contributed by atoms with Gasteiger partial charge in [0.25, 0.3) is 17.7 Å². The Balaban J connectivity index is 1.59. The lowest BCUT2D eigenvalue weighted by Gasteiger charge is -2.46. The van der Waals surface area contributed by atoms with Gasteiger partial charge in [0.1, 0.15) is 17.2 Å². The van der Waals surface area contributed by atoms with Gasteiger partial charge in [-0.25, -0.2) is 18.0 Å². The van der Waals surface area contributed by atoms with Crippen LogP contribution < -0.4 is 10.6 Å². The second-order valence-corrected chi connectivity index (χ2v) is 8.38. The van der Waals surface area contributed by atoms with Crippen molar-refractivity contribution in [3.8, 4) is 0 Å². The fraction of sp³-hybridized carbons (Fsp3) is 0.238. The molecular weight excluding hydrogens is 491 g/mol. The Kier molecular flexibility index (Phi) is 5.85. The minimum absolute atomic E-state index is 0.0288. The second kappa shape index (κ2) is 8.55. The molecule has 35 heavy (non-hydrogen) atoms. The van der Waals surface area contributed by atoms with Crippen molar-refractivity contribution in [2.24, 2.45) is 7.05 Å². The molecular formula is C21H15ClF3N7O3. The van der Waals surface area contributed by atoms with Crippen molar-refractivity contribution in [2.45, 2.75) is 24.3 Å². The number of aromatic amines is 1. The molecule has 0 saturated heterocycles. The van der Waals surface area contributed by atoms with Gasteiger partial charge in [-0.1, -0.05) is 11.6 Å². The molecule has 2 heterocycles. The number of aromatic nitrogens is 4. The van der Waals surface area contributed by atoms with Crippen molar-refractivity contribution in [2.75, 3.05) is 5.32 Å². The summed E-state index contributed by atoms with van der Waals surface area (Å²) in [6, 6.07) is 3.44. The van der Waals surface area contributed by atoms with Crippen LogP contribution in [0.4, 0.5) is 24.5 Å². The lowest BCUT2D eigenvalue weighted by Crippen LogP contribution is -2.61. The fourth-order valence-electron chi connectivity index (χ4n) is 3.92. The first-order chi connectivity index (χ1) is 16.5. The predicted octanol–water partition coefficient (Wildman–Crippen LogP) is 3.36. The van der Waals surface area contributed by atoms with Gasteiger partial charge in [0, 0.05) is 31.8 Å². The number of hydrogen-bond donors (Lipinski definition) is 3. The number of H-pyrrole nitrogens is 1. The summed E-state index contributed by atoms with van der Waals surface area (Å²) in [5, 5.41) is 14.1. The molecule has 2 amide bonds. The summed E-state index contributed by atoms with van der Waals surface area (Å²) in [6.45, 7) is 7.46. The molecule has 1 aliphatic rings. The minimum atomic E-state index is -3.07. The SMILES string of the molecule is [C-]#[N+]c1c(C(=O)C(=O)NC2(c3cn[nH]n3)CC(F)(F)C2)cn(C)c1C(=O)Nc1ccc(F)c(Cl)c1. The molecule has 0 radical (unpaired) electrons. The summed E-state index contributed by atoms with van der Waals surface area (Å²) in [5.74, 6) is -7.04. The quantitative estimate of drug-likeness (QED) is 0.269. The van der Waals surface area contributed by atoms with Crippen LogP contribution >= 0.6 is 11.6 Å². The van der Waals surface area contributed by atoms with E-state index in [9.17, 15) is 27.6 Å². The molecule has 3 N–H and O–H groups in total. The van der Waals surface area contributed by atoms with Gasteiger partial charge >= 0.3 is 0 Å². The average molecular weight is 506 g/mol. The Bertz CT molecular complexity index is 1390. The number of rotatable bonds is 6. The molecule has 1 saturated carbocycles. The molecule has 0 aliphatic heterocycles. The smallest absolute Gasteiger partial charge is 0.291 e. The van der Waals surface area contributed by atoms with Crippen molar-refractivity contribution in [1.82, 2.24) is 25.3 Å². The van der Waals surface area contributed by atoms with Crippen LogP contribution in [0.25, 0.3) is 4.85 Å². The third-order valence-corrected chi connectivity index (χ3v) is 5.78. The molecule has 2 aromatic heterocycles. The van der Waals surface area contributed by atoms with Crippen molar-refractivity contribution in [3.63, 3.8) is 0 Å². The Morgan fingerprint density at radius 2 is 2.00 bits per heavy atom. The second-order valence-electron chi connectivity index (χ2n) is 7.98. The molecule has 0 bridgehead atoms. The largest absolute Gasteiger partial charge is 0.356 e. The van der Waals surface area contributed by atoms with Gasteiger partial charge in [-0.3, -0.25) is 14.4 Å². The van der Waals surface area contributed by atoms with E-state index in [1.54, 1.807) is 0 Å². The number of nitrogens with zero attached hydrogens (tertiary/aromatic N) is 4. The maximum Gasteiger partial charge on any atom is 0.291 e. The number of aryl methyl sites for hydroxylation is 1. The number of benzene rings is 1. The molecule has 180 valence electrons. The first kappa shape index (κ1) is 24.0. The summed E-state index contributed by atoms with van der Waals surface area (Å²) < 4.78 is 41.9. The lowest BCUT2D eigenvalue weighted by atomic mass is 9.71. The molecule has 0 spiro atoms. The topological polar surface area (TPSA) is 126 Å². The zero-order chi connectivity index (χ0) is 25.5. The molecule has 0 atom stereocenters. The molecule has 4 rings (SSSR count). The standard InChI is InChI=1S/C21H15ClF3N7O3/c1-26-15-11(7-32(2)16(15)18(34)28-10-3-4-13(23)12(22)5-10)17(33)19(35)29-20(8-21(24,25)9-20)14-6-27-31-30-14/h3-7H,8-9H2,2H3,(H,28,34)(H,29,35)(H,27,30,31). The third kappa shape index (κ3) is 4.35. The zero-order valence-corrected chi connectivity index (χ0v) is 18.6. The molecule has 14 heteroatoms. The number of nitrogens with one attached hydrogen (secondary N) is 3. The van der Waals surface area contributed by atoms with Crippen LogP contribution in [0.3, 0.4) is 0 Å². The number of carbonyl (C=O) groups excluding carboxylic acids is 3. The highest BCUT2D eigenvalue weighted by Crippen LogP contribution is 2.51. The highest BCUT2D eigenvalue weighted by molar-refractivity contribution is 6.44. The third-order valence-electron chi connectivity index (χ3n) is 5.49. The van der Waals surface area contributed by atoms with E-state index < -0.39 is 59.0 Å². The number of halogens is 4. The Morgan fingerprint density at radius 3 is 2.57 bits per heavy atom. The summed E-state index contributed by atoms with van der Waals surface area (Å²) in [6.07, 6.45) is 0.699. The van der Waals surface area contributed by atoms with E-state index in [0.717, 1.165) is 24.5 Å². The van der Waals surface area contributed by atoms with Gasteiger partial charge in [0.05, 0.1) is 28.9 Å². The zero-order valence-electron chi connectivity index (χ0n) is 17.8. The van der Waals surface area contributed by atoms with Crippen LogP contribution in [0.1, 0.15) is 39.4 Å². The molecule has 3 aromatic rings. The van der Waals surface area contributed by atoms with Crippen molar-refractivity contribution < 1.29 is 27.6 Å². The van der Waals surface area contributed by atoms with E-state index in [1.807, 2.05) is 0 Å². The Morgan fingerprint density at radius 1 is 1.29 bits per heavy atom. The highest BCUT2D eigenvalue weighted by atomic mass is 35.5. The highest BCUT2D eigenvalue weighted by Gasteiger charge is 2.60. The fourth-order valence-corrected chi connectivity index (χ4v) is 4.10. The van der Waals surface area contributed by atoms with Crippen LogP contribution in [-0.2, 0) is 17.4 Å². The maximum absolute atomic E-state index is 13.7. The molecule has 1 aromatic carbocycles. The van der Waals surface area contributed by atoms with E-state index >= 15 is 0 Å². The van der Waals surface area contributed by atoms with Crippen LogP contribution in [0.15, 0.2) is 30.6 Å². The maximum atomic E-state index is 13.7. The van der Waals surface area contributed by atoms with Crippen LogP contribution in [0.5, 0.6) is 0 Å². The van der Waals surface area contributed by atoms with E-state index in [2.05, 4.69) is 30.9 Å². The number of Topliss-reactive ketones (excluding diaryl/α,β-unsaturated/α-hetero) is 1. The summed E-state index contributed by atoms with van der Waals surface area (Å²) in [5.41, 5.74) is -2.53. The monoisotopic (exact) mass is 505 g/mol. The first-order valence-corrected chi connectivity index (χ1v) is 10.3. The van der Waals surface area contributed by atoms with E-state index in [0.29, 0.717) is 0 Å². The summed E-state index contributed by atoms with van der Waals surface area (Å²) >= 11 is 5.71. The van der Waals surface area contributed by atoms with Gasteiger partial charge in [0.2, 0.25) is 11.5 Å².